The van der Waals surface area contributed by atoms with E-state index >= 15 is 0 Å². The van der Waals surface area contributed by atoms with Crippen LogP contribution in [0.15, 0.2) is 24.8 Å². The summed E-state index contributed by atoms with van der Waals surface area (Å²) in [5, 5.41) is 3.16. The highest BCUT2D eigenvalue weighted by Gasteiger charge is 2.00. The van der Waals surface area contributed by atoms with Gasteiger partial charge in [-0.05, 0) is 24.6 Å². The Morgan fingerprint density at radius 1 is 1.50 bits per heavy atom. The summed E-state index contributed by atoms with van der Waals surface area (Å²) in [5.74, 6) is -0.161. The van der Waals surface area contributed by atoms with Gasteiger partial charge in [0, 0.05) is 12.1 Å². The van der Waals surface area contributed by atoms with Crippen LogP contribution in [0.5, 0.6) is 0 Å². The fourth-order valence-electron chi connectivity index (χ4n) is 1.23. The number of nitrogens with one attached hydrogen (secondary N) is 1. The third-order valence-corrected chi connectivity index (χ3v) is 2.06. The molecule has 76 valence electrons. The molecule has 0 aliphatic heterocycles. The van der Waals surface area contributed by atoms with E-state index in [1.165, 1.54) is 6.07 Å². The standard InChI is InChI=1S/C12H16FN/c1-3-7-14-9-11-6-5-10(4-2)8-12(11)13/h4-6,8,14H,2-3,7,9H2,1H3. The smallest absolute Gasteiger partial charge is 0.128 e. The van der Waals surface area contributed by atoms with E-state index in [4.69, 9.17) is 0 Å². The average Bonchev–Trinajstić information content (AvgIpc) is 2.20. The van der Waals surface area contributed by atoms with E-state index in [-0.39, 0.29) is 5.82 Å². The minimum absolute atomic E-state index is 0.161. The topological polar surface area (TPSA) is 12.0 Å². The molecule has 1 nitrogen and oxygen atoms in total. The van der Waals surface area contributed by atoms with Crippen LogP contribution in [0.3, 0.4) is 0 Å². The molecule has 0 spiro atoms. The van der Waals surface area contributed by atoms with Crippen molar-refractivity contribution in [2.75, 3.05) is 6.54 Å². The Morgan fingerprint density at radius 3 is 2.86 bits per heavy atom. The van der Waals surface area contributed by atoms with E-state index in [0.717, 1.165) is 18.5 Å². The Morgan fingerprint density at radius 2 is 2.29 bits per heavy atom. The summed E-state index contributed by atoms with van der Waals surface area (Å²) in [4.78, 5) is 0. The van der Waals surface area contributed by atoms with E-state index in [2.05, 4.69) is 18.8 Å². The summed E-state index contributed by atoms with van der Waals surface area (Å²) in [7, 11) is 0. The van der Waals surface area contributed by atoms with E-state index in [1.54, 1.807) is 12.1 Å². The highest BCUT2D eigenvalue weighted by atomic mass is 19.1. The lowest BCUT2D eigenvalue weighted by Gasteiger charge is -2.05. The van der Waals surface area contributed by atoms with Crippen LogP contribution in [0.25, 0.3) is 6.08 Å². The molecule has 1 aromatic rings. The second-order valence-corrected chi connectivity index (χ2v) is 3.23. The fourth-order valence-corrected chi connectivity index (χ4v) is 1.23. The maximum atomic E-state index is 13.4. The maximum Gasteiger partial charge on any atom is 0.128 e. The van der Waals surface area contributed by atoms with Crippen molar-refractivity contribution in [1.82, 2.24) is 5.32 Å². The summed E-state index contributed by atoms with van der Waals surface area (Å²) >= 11 is 0. The van der Waals surface area contributed by atoms with Gasteiger partial charge in [0.2, 0.25) is 0 Å². The minimum atomic E-state index is -0.161. The van der Waals surface area contributed by atoms with Crippen LogP contribution in [0.4, 0.5) is 4.39 Å². The van der Waals surface area contributed by atoms with E-state index in [9.17, 15) is 4.39 Å². The molecule has 0 radical (unpaired) electrons. The second kappa shape index (κ2) is 5.55. The molecule has 14 heavy (non-hydrogen) atoms. The summed E-state index contributed by atoms with van der Waals surface area (Å²) in [6.07, 6.45) is 2.71. The first kappa shape index (κ1) is 10.9. The van der Waals surface area contributed by atoms with Crippen molar-refractivity contribution in [3.8, 4) is 0 Å². The highest BCUT2D eigenvalue weighted by Crippen LogP contribution is 2.11. The Kier molecular flexibility index (Phi) is 4.33. The molecule has 1 aromatic carbocycles. The van der Waals surface area contributed by atoms with Crippen LogP contribution in [-0.2, 0) is 6.54 Å². The number of rotatable bonds is 5. The first-order valence-electron chi connectivity index (χ1n) is 4.89. The van der Waals surface area contributed by atoms with Crippen molar-refractivity contribution in [3.63, 3.8) is 0 Å². The molecule has 2 heteroatoms. The highest BCUT2D eigenvalue weighted by molar-refractivity contribution is 5.47. The van der Waals surface area contributed by atoms with E-state index < -0.39 is 0 Å². The van der Waals surface area contributed by atoms with Gasteiger partial charge < -0.3 is 5.32 Å². The SMILES string of the molecule is C=Cc1ccc(CNCCC)c(F)c1. The molecule has 0 atom stereocenters. The number of benzene rings is 1. The Hall–Kier alpha value is -1.15. The van der Waals surface area contributed by atoms with Gasteiger partial charge in [-0.2, -0.15) is 0 Å². The molecule has 0 amide bonds. The monoisotopic (exact) mass is 193 g/mol. The van der Waals surface area contributed by atoms with Gasteiger partial charge in [0.1, 0.15) is 5.82 Å². The Labute approximate surface area is 84.6 Å². The predicted molar refractivity (Wildman–Crippen MR) is 58.5 cm³/mol. The normalized spacial score (nSPS) is 10.1. The molecule has 1 N–H and O–H groups in total. The molecule has 0 saturated carbocycles. The van der Waals surface area contributed by atoms with Crippen LogP contribution in [0, 0.1) is 5.82 Å². The van der Waals surface area contributed by atoms with Gasteiger partial charge in [0.25, 0.3) is 0 Å². The zero-order valence-corrected chi connectivity index (χ0v) is 8.52. The Balaban J connectivity index is 2.64. The van der Waals surface area contributed by atoms with Crippen LogP contribution >= 0.6 is 0 Å². The van der Waals surface area contributed by atoms with E-state index in [0.29, 0.717) is 12.1 Å². The average molecular weight is 193 g/mol. The number of hydrogen-bond donors (Lipinski definition) is 1. The van der Waals surface area contributed by atoms with Crippen molar-refractivity contribution < 1.29 is 4.39 Å². The molecule has 0 aliphatic rings. The zero-order chi connectivity index (χ0) is 10.4. The van der Waals surface area contributed by atoms with Crippen LogP contribution in [0.1, 0.15) is 24.5 Å². The van der Waals surface area contributed by atoms with Gasteiger partial charge in [0.05, 0.1) is 0 Å². The summed E-state index contributed by atoms with van der Waals surface area (Å²) < 4.78 is 13.4. The first-order valence-corrected chi connectivity index (χ1v) is 4.89. The fraction of sp³-hybridized carbons (Fsp3) is 0.333. The molecule has 0 aliphatic carbocycles. The van der Waals surface area contributed by atoms with Crippen molar-refractivity contribution in [1.29, 1.82) is 0 Å². The van der Waals surface area contributed by atoms with Crippen molar-refractivity contribution >= 4 is 6.08 Å². The second-order valence-electron chi connectivity index (χ2n) is 3.23. The lowest BCUT2D eigenvalue weighted by Crippen LogP contribution is -2.14. The van der Waals surface area contributed by atoms with Gasteiger partial charge in [-0.15, -0.1) is 0 Å². The summed E-state index contributed by atoms with van der Waals surface area (Å²) in [6.45, 7) is 7.20. The molecular formula is C12H16FN. The van der Waals surface area contributed by atoms with Gasteiger partial charge in [0.15, 0.2) is 0 Å². The zero-order valence-electron chi connectivity index (χ0n) is 8.52. The number of hydrogen-bond acceptors (Lipinski definition) is 1. The predicted octanol–water partition coefficient (Wildman–Crippen LogP) is 2.97. The van der Waals surface area contributed by atoms with Crippen molar-refractivity contribution in [3.05, 3.63) is 41.7 Å². The molecule has 1 rings (SSSR count). The Bertz CT molecular complexity index is 307. The lowest BCUT2D eigenvalue weighted by atomic mass is 10.1. The maximum absolute atomic E-state index is 13.4. The van der Waals surface area contributed by atoms with Crippen LogP contribution < -0.4 is 5.32 Å². The van der Waals surface area contributed by atoms with Gasteiger partial charge in [-0.3, -0.25) is 0 Å². The summed E-state index contributed by atoms with van der Waals surface area (Å²) in [6, 6.07) is 5.18. The lowest BCUT2D eigenvalue weighted by molar-refractivity contribution is 0.586. The van der Waals surface area contributed by atoms with E-state index in [1.807, 2.05) is 6.07 Å². The summed E-state index contributed by atoms with van der Waals surface area (Å²) in [5.41, 5.74) is 1.53. The van der Waals surface area contributed by atoms with Crippen molar-refractivity contribution in [2.24, 2.45) is 0 Å². The minimum Gasteiger partial charge on any atom is -0.313 e. The molecule has 0 aromatic heterocycles. The quantitative estimate of drug-likeness (QED) is 0.709. The van der Waals surface area contributed by atoms with Crippen LogP contribution in [0.2, 0.25) is 0 Å². The third kappa shape index (κ3) is 2.96. The third-order valence-electron chi connectivity index (χ3n) is 2.06. The molecule has 0 saturated heterocycles. The molecular weight excluding hydrogens is 177 g/mol. The van der Waals surface area contributed by atoms with Gasteiger partial charge >= 0.3 is 0 Å². The molecule has 0 heterocycles. The van der Waals surface area contributed by atoms with Crippen molar-refractivity contribution in [2.45, 2.75) is 19.9 Å². The largest absolute Gasteiger partial charge is 0.313 e. The molecule has 0 bridgehead atoms. The first-order chi connectivity index (χ1) is 6.77. The van der Waals surface area contributed by atoms with Gasteiger partial charge in [-0.1, -0.05) is 31.7 Å². The van der Waals surface area contributed by atoms with Crippen LogP contribution in [-0.4, -0.2) is 6.54 Å². The molecule has 0 unspecified atom stereocenters. The molecule has 0 fully saturated rings. The van der Waals surface area contributed by atoms with Gasteiger partial charge in [-0.25, -0.2) is 4.39 Å². The number of halogens is 1.